The number of nitrogens with one attached hydrogen (secondary N) is 1. The van der Waals surface area contributed by atoms with Crippen molar-refractivity contribution in [2.75, 3.05) is 0 Å². The fourth-order valence-electron chi connectivity index (χ4n) is 4.70. The van der Waals surface area contributed by atoms with Crippen molar-refractivity contribution in [3.63, 3.8) is 0 Å². The molecule has 2 aliphatic carbocycles. The molecule has 1 N–H and O–H groups in total. The lowest BCUT2D eigenvalue weighted by Crippen LogP contribution is -2.35. The summed E-state index contributed by atoms with van der Waals surface area (Å²) < 4.78 is 11.0. The molecular formula is C24H27NO5. The second kappa shape index (κ2) is 8.46. The first kappa shape index (κ1) is 20.4. The van der Waals surface area contributed by atoms with Gasteiger partial charge in [-0.3, -0.25) is 9.59 Å². The lowest BCUT2D eigenvalue weighted by Gasteiger charge is -2.34. The molecule has 0 spiro atoms. The minimum Gasteiger partial charge on any atom is -0.459 e. The van der Waals surface area contributed by atoms with E-state index in [9.17, 15) is 14.4 Å². The van der Waals surface area contributed by atoms with Crippen LogP contribution in [0.5, 0.6) is 5.75 Å². The van der Waals surface area contributed by atoms with E-state index in [-0.39, 0.29) is 17.9 Å². The number of ketones is 1. The lowest BCUT2D eigenvalue weighted by molar-refractivity contribution is -0.144. The van der Waals surface area contributed by atoms with E-state index < -0.39 is 11.9 Å². The molecule has 3 aliphatic rings. The fourth-order valence-corrected chi connectivity index (χ4v) is 4.70. The molecule has 4 rings (SSSR count). The first-order chi connectivity index (χ1) is 14.4. The summed E-state index contributed by atoms with van der Waals surface area (Å²) in [6.45, 7) is 3.22. The van der Waals surface area contributed by atoms with Crippen LogP contribution in [0.2, 0.25) is 0 Å². The summed E-state index contributed by atoms with van der Waals surface area (Å²) >= 11 is 0. The van der Waals surface area contributed by atoms with Gasteiger partial charge in [0.05, 0.1) is 5.57 Å². The monoisotopic (exact) mass is 409 g/mol. The van der Waals surface area contributed by atoms with Crippen LogP contribution in [0.25, 0.3) is 0 Å². The van der Waals surface area contributed by atoms with E-state index >= 15 is 0 Å². The molecule has 1 heterocycles. The van der Waals surface area contributed by atoms with E-state index in [1.807, 2.05) is 19.1 Å². The number of rotatable bonds is 4. The molecular weight excluding hydrogens is 382 g/mol. The molecule has 6 nitrogen and oxygen atoms in total. The van der Waals surface area contributed by atoms with Gasteiger partial charge in [0.25, 0.3) is 0 Å². The molecule has 158 valence electrons. The van der Waals surface area contributed by atoms with Gasteiger partial charge in [-0.2, -0.15) is 0 Å². The Labute approximate surface area is 176 Å². The number of carbonyl (C=O) groups is 3. The highest BCUT2D eigenvalue weighted by atomic mass is 16.5. The minimum absolute atomic E-state index is 0.0535. The summed E-state index contributed by atoms with van der Waals surface area (Å²) in [6, 6.07) is 7.02. The van der Waals surface area contributed by atoms with Gasteiger partial charge in [0.15, 0.2) is 5.78 Å². The Morgan fingerprint density at radius 2 is 1.73 bits per heavy atom. The van der Waals surface area contributed by atoms with Gasteiger partial charge in [-0.1, -0.05) is 12.1 Å². The second-order valence-electron chi connectivity index (χ2n) is 8.24. The van der Waals surface area contributed by atoms with Crippen molar-refractivity contribution in [3.8, 4) is 5.75 Å². The van der Waals surface area contributed by atoms with Crippen LogP contribution in [0, 0.1) is 0 Å². The zero-order valence-electron chi connectivity index (χ0n) is 17.5. The van der Waals surface area contributed by atoms with E-state index in [0.29, 0.717) is 23.3 Å². The van der Waals surface area contributed by atoms with Crippen molar-refractivity contribution in [2.45, 2.75) is 70.8 Å². The third-order valence-corrected chi connectivity index (χ3v) is 6.05. The van der Waals surface area contributed by atoms with Crippen LogP contribution in [0.1, 0.15) is 70.3 Å². The fraction of sp³-hybridized carbons (Fsp3) is 0.458. The largest absolute Gasteiger partial charge is 0.459 e. The van der Waals surface area contributed by atoms with Gasteiger partial charge < -0.3 is 14.8 Å². The Morgan fingerprint density at radius 3 is 2.40 bits per heavy atom. The Kier molecular flexibility index (Phi) is 5.75. The number of dihydropyridines is 1. The molecule has 1 unspecified atom stereocenters. The topological polar surface area (TPSA) is 81.7 Å². The summed E-state index contributed by atoms with van der Waals surface area (Å²) in [5, 5.41) is 3.31. The van der Waals surface area contributed by atoms with E-state index in [1.54, 1.807) is 12.1 Å². The van der Waals surface area contributed by atoms with Gasteiger partial charge >= 0.3 is 11.9 Å². The predicted molar refractivity (Wildman–Crippen MR) is 111 cm³/mol. The molecule has 1 aromatic rings. The van der Waals surface area contributed by atoms with E-state index in [4.69, 9.17) is 9.47 Å². The van der Waals surface area contributed by atoms with E-state index in [0.717, 1.165) is 55.5 Å². The molecule has 6 heteroatoms. The Hall–Kier alpha value is -2.89. The highest BCUT2D eigenvalue weighted by Gasteiger charge is 2.39. The normalized spacial score (nSPS) is 21.9. The maximum Gasteiger partial charge on any atom is 0.337 e. The van der Waals surface area contributed by atoms with Crippen LogP contribution in [0.3, 0.4) is 0 Å². The van der Waals surface area contributed by atoms with E-state index in [2.05, 4.69) is 5.32 Å². The first-order valence-corrected chi connectivity index (χ1v) is 10.7. The lowest BCUT2D eigenvalue weighted by atomic mass is 9.75. The molecule has 0 amide bonds. The third kappa shape index (κ3) is 4.04. The number of hydrogen-bond donors (Lipinski definition) is 1. The molecule has 1 saturated carbocycles. The van der Waals surface area contributed by atoms with Gasteiger partial charge in [0, 0.05) is 36.2 Å². The summed E-state index contributed by atoms with van der Waals surface area (Å²) in [4.78, 5) is 37.3. The molecule has 1 aromatic carbocycles. The molecule has 0 aromatic heterocycles. The van der Waals surface area contributed by atoms with Crippen molar-refractivity contribution in [1.82, 2.24) is 5.32 Å². The molecule has 1 atom stereocenters. The van der Waals surface area contributed by atoms with Crippen molar-refractivity contribution >= 4 is 17.7 Å². The maximum absolute atomic E-state index is 13.2. The Morgan fingerprint density at radius 1 is 1.03 bits per heavy atom. The number of hydrogen-bond acceptors (Lipinski definition) is 6. The average molecular weight is 409 g/mol. The molecule has 30 heavy (non-hydrogen) atoms. The Bertz CT molecular complexity index is 935. The number of Topliss-reactive ketones (excluding diaryl/α,β-unsaturated/α-hetero) is 1. The summed E-state index contributed by atoms with van der Waals surface area (Å²) in [6.07, 6.45) is 5.93. The number of allylic oxidation sites excluding steroid dienone is 3. The van der Waals surface area contributed by atoms with Crippen LogP contribution in [0.15, 0.2) is 46.8 Å². The van der Waals surface area contributed by atoms with Crippen molar-refractivity contribution < 1.29 is 23.9 Å². The number of carbonyl (C=O) groups excluding carboxylic acids is 3. The molecule has 1 fully saturated rings. The number of esters is 2. The first-order valence-electron chi connectivity index (χ1n) is 10.7. The standard InChI is InChI=1S/C24H27NO5/c1-14-21(24(28)30-17-6-3-4-7-17)22(23-19(25-14)8-5-9-20(23)27)16-10-12-18(13-11-16)29-15(2)26/h10-13,17,22,25H,3-9H2,1-2H3. The average Bonchev–Trinajstić information content (AvgIpc) is 3.20. The molecule has 1 aliphatic heterocycles. The number of ether oxygens (including phenoxy) is 2. The number of benzene rings is 1. The summed E-state index contributed by atoms with van der Waals surface area (Å²) in [5.74, 6) is -0.731. The van der Waals surface area contributed by atoms with Crippen LogP contribution in [-0.2, 0) is 19.1 Å². The van der Waals surface area contributed by atoms with Gasteiger partial charge in [0.2, 0.25) is 0 Å². The van der Waals surface area contributed by atoms with Gasteiger partial charge in [0.1, 0.15) is 11.9 Å². The van der Waals surface area contributed by atoms with Crippen LogP contribution >= 0.6 is 0 Å². The summed E-state index contributed by atoms with van der Waals surface area (Å²) in [7, 11) is 0. The van der Waals surface area contributed by atoms with Crippen molar-refractivity contribution in [3.05, 3.63) is 52.4 Å². The smallest absolute Gasteiger partial charge is 0.337 e. The van der Waals surface area contributed by atoms with E-state index in [1.165, 1.54) is 6.92 Å². The van der Waals surface area contributed by atoms with Crippen LogP contribution in [0.4, 0.5) is 0 Å². The highest BCUT2D eigenvalue weighted by molar-refractivity contribution is 6.03. The minimum atomic E-state index is -0.477. The molecule has 0 bridgehead atoms. The third-order valence-electron chi connectivity index (χ3n) is 6.05. The molecule has 0 radical (unpaired) electrons. The zero-order valence-corrected chi connectivity index (χ0v) is 17.5. The molecule has 0 saturated heterocycles. The van der Waals surface area contributed by atoms with Gasteiger partial charge in [-0.05, 0) is 63.1 Å². The zero-order chi connectivity index (χ0) is 21.3. The summed E-state index contributed by atoms with van der Waals surface area (Å²) in [5.41, 5.74) is 3.60. The van der Waals surface area contributed by atoms with Gasteiger partial charge in [-0.15, -0.1) is 0 Å². The van der Waals surface area contributed by atoms with Crippen LogP contribution in [-0.4, -0.2) is 23.8 Å². The Balaban J connectivity index is 1.72. The predicted octanol–water partition coefficient (Wildman–Crippen LogP) is 4.07. The highest BCUT2D eigenvalue weighted by Crippen LogP contribution is 2.43. The van der Waals surface area contributed by atoms with Crippen molar-refractivity contribution in [1.29, 1.82) is 0 Å². The second-order valence-corrected chi connectivity index (χ2v) is 8.24. The van der Waals surface area contributed by atoms with Crippen LogP contribution < -0.4 is 10.1 Å². The quantitative estimate of drug-likeness (QED) is 0.596. The van der Waals surface area contributed by atoms with Gasteiger partial charge in [-0.25, -0.2) is 4.79 Å². The van der Waals surface area contributed by atoms with Crippen molar-refractivity contribution in [2.24, 2.45) is 0 Å². The maximum atomic E-state index is 13.2. The SMILES string of the molecule is CC(=O)Oc1ccc(C2C(C(=O)OC3CCCC3)=C(C)NC3=C2C(=O)CCC3)cc1.